The van der Waals surface area contributed by atoms with Gasteiger partial charge in [0.15, 0.2) is 0 Å². The number of hydrogen-bond acceptors (Lipinski definition) is 5. The quantitative estimate of drug-likeness (QED) is 0.247. The first-order valence-corrected chi connectivity index (χ1v) is 16.5. The number of amides is 3. The van der Waals surface area contributed by atoms with Gasteiger partial charge in [-0.3, -0.25) is 4.79 Å². The number of nitrogens with two attached hydrogens (primary N) is 1. The average molecular weight is 628 g/mol. The zero-order valence-electron chi connectivity index (χ0n) is 26.1. The highest BCUT2D eigenvalue weighted by Gasteiger charge is 2.53. The number of nitrogens with zero attached hydrogens (tertiary/aromatic N) is 1. The van der Waals surface area contributed by atoms with Crippen molar-refractivity contribution < 1.29 is 23.9 Å². The van der Waals surface area contributed by atoms with E-state index < -0.39 is 17.5 Å². The van der Waals surface area contributed by atoms with Crippen LogP contribution in [0.4, 0.5) is 9.59 Å². The van der Waals surface area contributed by atoms with Gasteiger partial charge in [-0.15, -0.1) is 0 Å². The molecule has 8 heteroatoms. The second-order valence-corrected chi connectivity index (χ2v) is 13.3. The fourth-order valence-electron chi connectivity index (χ4n) is 8.62. The van der Waals surface area contributed by atoms with Crippen molar-refractivity contribution in [3.05, 3.63) is 119 Å². The van der Waals surface area contributed by atoms with Crippen molar-refractivity contribution in [1.82, 2.24) is 10.2 Å². The molecule has 0 saturated carbocycles. The topological polar surface area (TPSA) is 111 Å². The number of piperidine rings is 2. The Kier molecular flexibility index (Phi) is 7.23. The first-order chi connectivity index (χ1) is 22.9. The molecule has 2 aliphatic carbocycles. The Bertz CT molecular complexity index is 1780. The highest BCUT2D eigenvalue weighted by molar-refractivity contribution is 5.89. The van der Waals surface area contributed by atoms with E-state index in [0.29, 0.717) is 12.8 Å². The van der Waals surface area contributed by atoms with E-state index in [0.717, 1.165) is 39.8 Å². The molecule has 2 unspecified atom stereocenters. The predicted octanol–water partition coefficient (Wildman–Crippen LogP) is 6.72. The largest absolute Gasteiger partial charge is 0.449 e. The summed E-state index contributed by atoms with van der Waals surface area (Å²) in [6.45, 7) is 0.356. The molecule has 2 atom stereocenters. The molecule has 2 heterocycles. The first-order valence-electron chi connectivity index (χ1n) is 16.5. The fraction of sp³-hybridized carbons (Fsp3) is 0.308. The van der Waals surface area contributed by atoms with Crippen LogP contribution in [0.1, 0.15) is 66.2 Å². The molecular weight excluding hydrogens is 590 g/mol. The van der Waals surface area contributed by atoms with Crippen molar-refractivity contribution >= 4 is 18.1 Å². The van der Waals surface area contributed by atoms with E-state index in [1.54, 1.807) is 4.90 Å². The first kappa shape index (κ1) is 29.3. The van der Waals surface area contributed by atoms with Crippen molar-refractivity contribution in [3.8, 4) is 22.3 Å². The van der Waals surface area contributed by atoms with Gasteiger partial charge in [0.1, 0.15) is 18.8 Å². The third-order valence-electron chi connectivity index (χ3n) is 10.7. The van der Waals surface area contributed by atoms with Gasteiger partial charge >= 0.3 is 12.2 Å². The zero-order valence-corrected chi connectivity index (χ0v) is 26.1. The Hall–Kier alpha value is -5.11. The molecule has 0 radical (unpaired) electrons. The number of alkyl carbamates (subject to hydrolysis) is 1. The van der Waals surface area contributed by atoms with E-state index in [1.807, 2.05) is 48.5 Å². The lowest BCUT2D eigenvalue weighted by Crippen LogP contribution is -2.69. The van der Waals surface area contributed by atoms with Crippen LogP contribution in [0, 0.1) is 0 Å². The Morgan fingerprint density at radius 3 is 1.49 bits per heavy atom. The average Bonchev–Trinajstić information content (AvgIpc) is 3.58. The molecule has 8 nitrogen and oxygen atoms in total. The van der Waals surface area contributed by atoms with Crippen LogP contribution in [0.3, 0.4) is 0 Å². The summed E-state index contributed by atoms with van der Waals surface area (Å²) in [4.78, 5) is 41.9. The van der Waals surface area contributed by atoms with E-state index in [2.05, 4.69) is 53.8 Å². The lowest BCUT2D eigenvalue weighted by atomic mass is 9.73. The highest BCUT2D eigenvalue weighted by atomic mass is 16.6. The minimum Gasteiger partial charge on any atom is -0.449 e. The molecule has 4 aliphatic rings. The normalized spacial score (nSPS) is 22.4. The Labute approximate surface area is 273 Å². The third-order valence-corrected chi connectivity index (χ3v) is 10.7. The maximum absolute atomic E-state index is 13.7. The van der Waals surface area contributed by atoms with Gasteiger partial charge in [0.25, 0.3) is 0 Å². The van der Waals surface area contributed by atoms with Crippen molar-refractivity contribution in [2.45, 2.75) is 61.6 Å². The van der Waals surface area contributed by atoms with Crippen LogP contribution in [0.15, 0.2) is 97.1 Å². The van der Waals surface area contributed by atoms with Crippen molar-refractivity contribution in [2.24, 2.45) is 5.73 Å². The summed E-state index contributed by atoms with van der Waals surface area (Å²) in [6, 6.07) is 32.2. The number of rotatable bonds is 6. The lowest BCUT2D eigenvalue weighted by Gasteiger charge is -2.51. The number of fused-ring (bicyclic) bond motifs is 8. The monoisotopic (exact) mass is 627 g/mol. The molecule has 2 aliphatic heterocycles. The van der Waals surface area contributed by atoms with Crippen LogP contribution in [-0.4, -0.2) is 53.8 Å². The number of carbonyl (C=O) groups excluding carboxylic acids is 3. The SMILES string of the molecule is NC(=O)C1(NC(=O)OCC2c3ccccc3-c3ccccc32)CC2CCCC(C1)N2C(=O)OCC1c2ccccc2-c2ccccc21. The number of nitrogens with one attached hydrogen (secondary N) is 1. The van der Waals surface area contributed by atoms with Gasteiger partial charge in [-0.05, 0) is 63.8 Å². The second-order valence-electron chi connectivity index (χ2n) is 13.3. The summed E-state index contributed by atoms with van der Waals surface area (Å²) in [7, 11) is 0. The molecule has 3 N–H and O–H groups in total. The van der Waals surface area contributed by atoms with Gasteiger partial charge in [-0.25, -0.2) is 9.59 Å². The number of primary amides is 1. The number of hydrogen-bond donors (Lipinski definition) is 2. The number of ether oxygens (including phenoxy) is 2. The molecule has 2 fully saturated rings. The van der Waals surface area contributed by atoms with E-state index >= 15 is 0 Å². The van der Waals surface area contributed by atoms with Gasteiger partial charge in [-0.1, -0.05) is 97.1 Å². The van der Waals surface area contributed by atoms with Gasteiger partial charge in [0.2, 0.25) is 5.91 Å². The Morgan fingerprint density at radius 1 is 0.660 bits per heavy atom. The molecule has 0 spiro atoms. The molecule has 3 amide bonds. The maximum atomic E-state index is 13.7. The summed E-state index contributed by atoms with van der Waals surface area (Å²) < 4.78 is 11.8. The second kappa shape index (κ2) is 11.6. The molecule has 8 rings (SSSR count). The molecule has 4 aromatic carbocycles. The van der Waals surface area contributed by atoms with E-state index in [9.17, 15) is 14.4 Å². The summed E-state index contributed by atoms with van der Waals surface area (Å²) >= 11 is 0. The van der Waals surface area contributed by atoms with Crippen LogP contribution in [0.5, 0.6) is 0 Å². The summed E-state index contributed by atoms with van der Waals surface area (Å²) in [5.74, 6) is -0.765. The minimum atomic E-state index is -1.32. The van der Waals surface area contributed by atoms with Crippen LogP contribution in [-0.2, 0) is 14.3 Å². The lowest BCUT2D eigenvalue weighted by molar-refractivity contribution is -0.129. The van der Waals surface area contributed by atoms with E-state index in [-0.39, 0.29) is 56.1 Å². The van der Waals surface area contributed by atoms with Gasteiger partial charge < -0.3 is 25.4 Å². The maximum Gasteiger partial charge on any atom is 0.410 e. The van der Waals surface area contributed by atoms with E-state index in [1.165, 1.54) is 11.1 Å². The van der Waals surface area contributed by atoms with Crippen LogP contribution in [0.25, 0.3) is 22.3 Å². The van der Waals surface area contributed by atoms with Crippen molar-refractivity contribution in [1.29, 1.82) is 0 Å². The van der Waals surface area contributed by atoms with Gasteiger partial charge in [-0.2, -0.15) is 0 Å². The third kappa shape index (κ3) is 4.94. The van der Waals surface area contributed by atoms with Crippen LogP contribution in [0.2, 0.25) is 0 Å². The molecule has 0 aromatic heterocycles. The predicted molar refractivity (Wildman–Crippen MR) is 178 cm³/mol. The smallest absolute Gasteiger partial charge is 0.410 e. The van der Waals surface area contributed by atoms with Crippen LogP contribution < -0.4 is 11.1 Å². The molecule has 2 bridgehead atoms. The summed E-state index contributed by atoms with van der Waals surface area (Å²) in [6.07, 6.45) is 1.67. The molecular formula is C39H37N3O5. The van der Waals surface area contributed by atoms with Gasteiger partial charge in [0.05, 0.1) is 0 Å². The van der Waals surface area contributed by atoms with Gasteiger partial charge in [0, 0.05) is 36.8 Å². The molecule has 2 saturated heterocycles. The molecule has 238 valence electrons. The highest BCUT2D eigenvalue weighted by Crippen LogP contribution is 2.46. The summed E-state index contributed by atoms with van der Waals surface area (Å²) in [5.41, 5.74) is 13.8. The fourth-order valence-corrected chi connectivity index (χ4v) is 8.62. The summed E-state index contributed by atoms with van der Waals surface area (Å²) in [5, 5.41) is 2.88. The number of benzene rings is 4. The van der Waals surface area contributed by atoms with Crippen molar-refractivity contribution in [2.75, 3.05) is 13.2 Å². The Balaban J connectivity index is 0.951. The molecule has 47 heavy (non-hydrogen) atoms. The van der Waals surface area contributed by atoms with E-state index in [4.69, 9.17) is 15.2 Å². The number of carbonyl (C=O) groups is 3. The standard InChI is InChI=1S/C39H37N3O5/c40-36(43)39(41-37(44)46-22-34-30-16-5-1-12-26(30)27-13-2-6-17-31(27)34)20-24-10-9-11-25(21-39)42(24)38(45)47-23-35-32-18-7-3-14-28(32)29-15-4-8-19-33(29)35/h1-8,12-19,24-25,34-35H,9-11,20-23H2,(H2,40,43)(H,41,44). The van der Waals surface area contributed by atoms with Crippen LogP contribution >= 0.6 is 0 Å². The van der Waals surface area contributed by atoms with Crippen molar-refractivity contribution in [3.63, 3.8) is 0 Å². The minimum absolute atomic E-state index is 0.0454. The Morgan fingerprint density at radius 2 is 1.06 bits per heavy atom. The molecule has 4 aromatic rings. The zero-order chi connectivity index (χ0) is 32.1.